The molecule has 112 valence electrons. The standard InChI is InChI=1S/C13H15N3O5/c1-13(2,3)21-12(17)15-6-5-8-10(20-4)9(16(18)19)7-14-11(8)15/h5-7H,1-4H3. The first kappa shape index (κ1) is 14.8. The Balaban J connectivity index is 2.55. The van der Waals surface area contributed by atoms with Gasteiger partial charge in [0.1, 0.15) is 11.8 Å². The Kier molecular flexibility index (Phi) is 3.54. The Morgan fingerprint density at radius 1 is 1.43 bits per heavy atom. The van der Waals surface area contributed by atoms with E-state index in [1.165, 1.54) is 23.9 Å². The summed E-state index contributed by atoms with van der Waals surface area (Å²) in [6.45, 7) is 5.24. The van der Waals surface area contributed by atoms with E-state index in [9.17, 15) is 14.9 Å². The molecule has 0 aromatic carbocycles. The van der Waals surface area contributed by atoms with Crippen molar-refractivity contribution in [1.29, 1.82) is 0 Å². The molecule has 0 fully saturated rings. The average Bonchev–Trinajstić information content (AvgIpc) is 2.78. The van der Waals surface area contributed by atoms with Gasteiger partial charge in [0, 0.05) is 6.20 Å². The van der Waals surface area contributed by atoms with Crippen molar-refractivity contribution in [2.75, 3.05) is 7.11 Å². The normalized spacial score (nSPS) is 11.4. The van der Waals surface area contributed by atoms with E-state index in [-0.39, 0.29) is 17.1 Å². The van der Waals surface area contributed by atoms with Crippen LogP contribution in [0.2, 0.25) is 0 Å². The van der Waals surface area contributed by atoms with Crippen LogP contribution >= 0.6 is 0 Å². The van der Waals surface area contributed by atoms with E-state index >= 15 is 0 Å². The zero-order valence-electron chi connectivity index (χ0n) is 12.1. The Bertz CT molecular complexity index is 714. The Hall–Kier alpha value is -2.64. The van der Waals surface area contributed by atoms with E-state index in [2.05, 4.69) is 4.98 Å². The Morgan fingerprint density at radius 3 is 2.62 bits per heavy atom. The third-order valence-corrected chi connectivity index (χ3v) is 2.64. The van der Waals surface area contributed by atoms with Gasteiger partial charge in [0.05, 0.1) is 17.4 Å². The second-order valence-electron chi connectivity index (χ2n) is 5.34. The first-order valence-electron chi connectivity index (χ1n) is 6.16. The first-order chi connectivity index (χ1) is 9.74. The third kappa shape index (κ3) is 2.78. The van der Waals surface area contributed by atoms with Gasteiger partial charge < -0.3 is 9.47 Å². The van der Waals surface area contributed by atoms with Crippen LogP contribution in [0.4, 0.5) is 10.5 Å². The molecule has 0 aliphatic carbocycles. The minimum absolute atomic E-state index is 0.0623. The van der Waals surface area contributed by atoms with Crippen molar-refractivity contribution in [1.82, 2.24) is 9.55 Å². The Morgan fingerprint density at radius 2 is 2.10 bits per heavy atom. The van der Waals surface area contributed by atoms with Gasteiger partial charge in [-0.2, -0.15) is 0 Å². The number of carbonyl (C=O) groups is 1. The Labute approximate surface area is 120 Å². The van der Waals surface area contributed by atoms with Gasteiger partial charge in [-0.1, -0.05) is 0 Å². The van der Waals surface area contributed by atoms with E-state index in [4.69, 9.17) is 9.47 Å². The lowest BCUT2D eigenvalue weighted by atomic mass is 10.2. The van der Waals surface area contributed by atoms with Crippen LogP contribution in [-0.2, 0) is 4.74 Å². The fraction of sp³-hybridized carbons (Fsp3) is 0.385. The lowest BCUT2D eigenvalue weighted by Crippen LogP contribution is -2.26. The maximum atomic E-state index is 12.1. The van der Waals surface area contributed by atoms with Gasteiger partial charge in [-0.25, -0.2) is 14.3 Å². The number of fused-ring (bicyclic) bond motifs is 1. The van der Waals surface area contributed by atoms with Crippen molar-refractivity contribution in [3.63, 3.8) is 0 Å². The summed E-state index contributed by atoms with van der Waals surface area (Å²) in [5, 5.41) is 11.3. The van der Waals surface area contributed by atoms with E-state index < -0.39 is 16.6 Å². The molecule has 2 rings (SSSR count). The summed E-state index contributed by atoms with van der Waals surface area (Å²) >= 11 is 0. The predicted molar refractivity (Wildman–Crippen MR) is 74.6 cm³/mol. The molecule has 2 heterocycles. The first-order valence-corrected chi connectivity index (χ1v) is 6.16. The van der Waals surface area contributed by atoms with E-state index in [1.807, 2.05) is 0 Å². The predicted octanol–water partition coefficient (Wildman–Crippen LogP) is 2.74. The van der Waals surface area contributed by atoms with E-state index in [1.54, 1.807) is 20.8 Å². The number of nitrogens with zero attached hydrogens (tertiary/aromatic N) is 3. The largest absolute Gasteiger partial charge is 0.490 e. The molecule has 0 saturated carbocycles. The molecule has 2 aromatic rings. The molecular weight excluding hydrogens is 278 g/mol. The summed E-state index contributed by atoms with van der Waals surface area (Å²) in [4.78, 5) is 26.4. The molecule has 0 amide bonds. The molecule has 0 N–H and O–H groups in total. The van der Waals surface area contributed by atoms with Crippen molar-refractivity contribution in [2.45, 2.75) is 26.4 Å². The molecule has 0 aliphatic heterocycles. The molecular formula is C13H15N3O5. The molecule has 0 radical (unpaired) electrons. The molecule has 8 nitrogen and oxygen atoms in total. The van der Waals surface area contributed by atoms with Crippen LogP contribution in [0.25, 0.3) is 11.0 Å². The number of hydrogen-bond donors (Lipinski definition) is 0. The fourth-order valence-corrected chi connectivity index (χ4v) is 1.85. The van der Waals surface area contributed by atoms with Crippen LogP contribution in [0.3, 0.4) is 0 Å². The van der Waals surface area contributed by atoms with Crippen LogP contribution in [0.15, 0.2) is 18.5 Å². The van der Waals surface area contributed by atoms with Crippen LogP contribution in [0, 0.1) is 10.1 Å². The van der Waals surface area contributed by atoms with Crippen molar-refractivity contribution >= 4 is 22.8 Å². The van der Waals surface area contributed by atoms with Crippen LogP contribution in [0.1, 0.15) is 20.8 Å². The summed E-state index contributed by atoms with van der Waals surface area (Å²) in [7, 11) is 1.33. The third-order valence-electron chi connectivity index (χ3n) is 2.64. The van der Waals surface area contributed by atoms with Gasteiger partial charge in [0.25, 0.3) is 0 Å². The summed E-state index contributed by atoms with van der Waals surface area (Å²) in [5.74, 6) is 0.0623. The van der Waals surface area contributed by atoms with Gasteiger partial charge in [-0.3, -0.25) is 10.1 Å². The highest BCUT2D eigenvalue weighted by atomic mass is 16.6. The molecule has 0 aliphatic rings. The fourth-order valence-electron chi connectivity index (χ4n) is 1.85. The summed E-state index contributed by atoms with van der Waals surface area (Å²) in [6, 6.07) is 1.53. The van der Waals surface area contributed by atoms with Crippen LogP contribution in [0.5, 0.6) is 5.75 Å². The monoisotopic (exact) mass is 293 g/mol. The molecule has 2 aromatic heterocycles. The number of pyridine rings is 1. The molecule has 0 bridgehead atoms. The van der Waals surface area contributed by atoms with Crippen LogP contribution in [-0.4, -0.2) is 33.3 Å². The molecule has 8 heteroatoms. The topological polar surface area (TPSA) is 96.5 Å². The molecule has 0 saturated heterocycles. The summed E-state index contributed by atoms with van der Waals surface area (Å²) in [6.07, 6.45) is 1.89. The zero-order chi connectivity index (χ0) is 15.8. The SMILES string of the molecule is COc1c([N+](=O)[O-])cnc2c1ccn2C(=O)OC(C)(C)C. The number of hydrogen-bond acceptors (Lipinski definition) is 6. The maximum Gasteiger partial charge on any atom is 0.420 e. The number of carbonyl (C=O) groups excluding carboxylic acids is 1. The summed E-state index contributed by atoms with van der Waals surface area (Å²) in [5.41, 5.74) is -0.669. The van der Waals surface area contributed by atoms with E-state index in [0.717, 1.165) is 6.20 Å². The van der Waals surface area contributed by atoms with Crippen molar-refractivity contribution in [2.24, 2.45) is 0 Å². The van der Waals surface area contributed by atoms with Crippen molar-refractivity contribution in [3.8, 4) is 5.75 Å². The molecule has 0 atom stereocenters. The quantitative estimate of drug-likeness (QED) is 0.624. The second-order valence-corrected chi connectivity index (χ2v) is 5.34. The van der Waals surface area contributed by atoms with Gasteiger partial charge in [-0.05, 0) is 26.8 Å². The number of rotatable bonds is 2. The maximum absolute atomic E-state index is 12.1. The average molecular weight is 293 g/mol. The molecule has 0 unspecified atom stereocenters. The minimum Gasteiger partial charge on any atom is -0.490 e. The minimum atomic E-state index is -0.654. The van der Waals surface area contributed by atoms with E-state index in [0.29, 0.717) is 5.39 Å². The van der Waals surface area contributed by atoms with Gasteiger partial charge in [0.2, 0.25) is 5.75 Å². The lowest BCUT2D eigenvalue weighted by Gasteiger charge is -2.19. The molecule has 0 spiro atoms. The summed E-state index contributed by atoms with van der Waals surface area (Å²) < 4.78 is 11.5. The second kappa shape index (κ2) is 5.04. The van der Waals surface area contributed by atoms with Gasteiger partial charge in [-0.15, -0.1) is 0 Å². The highest BCUT2D eigenvalue weighted by molar-refractivity contribution is 5.92. The van der Waals surface area contributed by atoms with Crippen LogP contribution < -0.4 is 4.74 Å². The zero-order valence-corrected chi connectivity index (χ0v) is 12.1. The van der Waals surface area contributed by atoms with Gasteiger partial charge >= 0.3 is 11.8 Å². The highest BCUT2D eigenvalue weighted by Gasteiger charge is 2.24. The number of aromatic nitrogens is 2. The van der Waals surface area contributed by atoms with Gasteiger partial charge in [0.15, 0.2) is 5.65 Å². The number of ether oxygens (including phenoxy) is 2. The molecule has 21 heavy (non-hydrogen) atoms. The van der Waals surface area contributed by atoms with Crippen molar-refractivity contribution < 1.29 is 19.2 Å². The smallest absolute Gasteiger partial charge is 0.420 e. The highest BCUT2D eigenvalue weighted by Crippen LogP contribution is 2.34. The number of nitro groups is 1. The lowest BCUT2D eigenvalue weighted by molar-refractivity contribution is -0.385. The van der Waals surface area contributed by atoms with Crippen molar-refractivity contribution in [3.05, 3.63) is 28.6 Å². The number of methoxy groups -OCH3 is 1.